The van der Waals surface area contributed by atoms with E-state index < -0.39 is 10.0 Å². The smallest absolute Gasteiger partial charge is 0.242 e. The van der Waals surface area contributed by atoms with Crippen LogP contribution in [0.3, 0.4) is 0 Å². The van der Waals surface area contributed by atoms with Crippen molar-refractivity contribution in [3.8, 4) is 0 Å². The summed E-state index contributed by atoms with van der Waals surface area (Å²) in [7, 11) is 0.416. The van der Waals surface area contributed by atoms with Crippen LogP contribution in [-0.4, -0.2) is 51.4 Å². The Morgan fingerprint density at radius 1 is 1.25 bits per heavy atom. The molecule has 0 aliphatic carbocycles. The molecule has 0 aromatic heterocycles. The van der Waals surface area contributed by atoms with E-state index in [9.17, 15) is 8.42 Å². The van der Waals surface area contributed by atoms with Crippen LogP contribution < -0.4 is 0 Å². The molecule has 0 bridgehead atoms. The molecule has 1 aliphatic rings. The molecular formula is C14H21BrN2O2S. The highest BCUT2D eigenvalue weighted by atomic mass is 79.9. The molecule has 0 atom stereocenters. The summed E-state index contributed by atoms with van der Waals surface area (Å²) in [4.78, 5) is 2.65. The van der Waals surface area contributed by atoms with Gasteiger partial charge in [-0.1, -0.05) is 15.9 Å². The van der Waals surface area contributed by atoms with Crippen LogP contribution in [0, 0.1) is 5.92 Å². The molecule has 0 N–H and O–H groups in total. The fourth-order valence-corrected chi connectivity index (χ4v) is 4.00. The number of sulfonamides is 1. The van der Waals surface area contributed by atoms with E-state index in [4.69, 9.17) is 0 Å². The first-order valence-electron chi connectivity index (χ1n) is 6.80. The summed E-state index contributed by atoms with van der Waals surface area (Å²) in [6.45, 7) is 2.71. The van der Waals surface area contributed by atoms with Crippen LogP contribution in [0.5, 0.6) is 0 Å². The first-order valence-corrected chi connectivity index (χ1v) is 9.03. The minimum absolute atomic E-state index is 0.358. The highest BCUT2D eigenvalue weighted by Crippen LogP contribution is 2.22. The van der Waals surface area contributed by atoms with Crippen LogP contribution in [0.25, 0.3) is 0 Å². The Kier molecular flexibility index (Phi) is 5.23. The minimum Gasteiger partial charge on any atom is -0.306 e. The number of benzene rings is 1. The van der Waals surface area contributed by atoms with Crippen LogP contribution in [0.2, 0.25) is 0 Å². The van der Waals surface area contributed by atoms with E-state index in [0.29, 0.717) is 17.4 Å². The molecule has 1 saturated heterocycles. The van der Waals surface area contributed by atoms with Crippen molar-refractivity contribution >= 4 is 26.0 Å². The largest absolute Gasteiger partial charge is 0.306 e. The maximum Gasteiger partial charge on any atom is 0.242 e. The zero-order valence-corrected chi connectivity index (χ0v) is 14.3. The number of likely N-dealkylation sites (tertiary alicyclic amines) is 1. The van der Waals surface area contributed by atoms with Crippen LogP contribution in [0.4, 0.5) is 0 Å². The summed E-state index contributed by atoms with van der Waals surface area (Å²) in [5.41, 5.74) is 0. The third kappa shape index (κ3) is 3.81. The van der Waals surface area contributed by atoms with E-state index >= 15 is 0 Å². The SMILES string of the molecule is CN1CCC(CN(C)S(=O)(=O)c2ccc(Br)cc2)CC1. The minimum atomic E-state index is -3.37. The van der Waals surface area contributed by atoms with Crippen molar-refractivity contribution in [2.45, 2.75) is 17.7 Å². The molecule has 0 radical (unpaired) electrons. The van der Waals surface area contributed by atoms with Gasteiger partial charge >= 0.3 is 0 Å². The van der Waals surface area contributed by atoms with Crippen molar-refractivity contribution in [2.24, 2.45) is 5.92 Å². The first kappa shape index (κ1) is 15.9. The molecule has 1 heterocycles. The third-order valence-corrected chi connectivity index (χ3v) is 6.24. The zero-order valence-electron chi connectivity index (χ0n) is 11.9. The molecular weight excluding hydrogens is 340 g/mol. The molecule has 1 aromatic rings. The van der Waals surface area contributed by atoms with E-state index in [-0.39, 0.29) is 0 Å². The van der Waals surface area contributed by atoms with E-state index in [2.05, 4.69) is 27.9 Å². The van der Waals surface area contributed by atoms with Crippen LogP contribution in [0.15, 0.2) is 33.6 Å². The van der Waals surface area contributed by atoms with E-state index in [0.717, 1.165) is 30.4 Å². The lowest BCUT2D eigenvalue weighted by atomic mass is 9.97. The van der Waals surface area contributed by atoms with Gasteiger partial charge in [-0.15, -0.1) is 0 Å². The average Bonchev–Trinajstić information content (AvgIpc) is 2.42. The second kappa shape index (κ2) is 6.56. The Balaban J connectivity index is 2.04. The van der Waals surface area contributed by atoms with Crippen molar-refractivity contribution in [1.29, 1.82) is 0 Å². The summed E-state index contributed by atoms with van der Waals surface area (Å²) in [6.07, 6.45) is 2.13. The summed E-state index contributed by atoms with van der Waals surface area (Å²) >= 11 is 3.32. The van der Waals surface area contributed by atoms with Crippen molar-refractivity contribution < 1.29 is 8.42 Å². The maximum atomic E-state index is 12.5. The zero-order chi connectivity index (χ0) is 14.8. The summed E-state index contributed by atoms with van der Waals surface area (Å²) in [6, 6.07) is 6.81. The monoisotopic (exact) mass is 360 g/mol. The van der Waals surface area contributed by atoms with Gasteiger partial charge in [-0.3, -0.25) is 0 Å². The van der Waals surface area contributed by atoms with Crippen LogP contribution >= 0.6 is 15.9 Å². The lowest BCUT2D eigenvalue weighted by Crippen LogP contribution is -2.37. The van der Waals surface area contributed by atoms with Crippen molar-refractivity contribution in [2.75, 3.05) is 33.7 Å². The Bertz CT molecular complexity index is 537. The summed E-state index contributed by atoms with van der Waals surface area (Å²) in [5, 5.41) is 0. The molecule has 1 fully saturated rings. The third-order valence-electron chi connectivity index (χ3n) is 3.88. The molecule has 2 rings (SSSR count). The Hall–Kier alpha value is -0.430. The van der Waals surface area contributed by atoms with Gasteiger partial charge in [0.25, 0.3) is 0 Å². The van der Waals surface area contributed by atoms with Gasteiger partial charge in [-0.05, 0) is 63.2 Å². The number of piperidine rings is 1. The topological polar surface area (TPSA) is 40.6 Å². The Labute approximate surface area is 129 Å². The summed E-state index contributed by atoms with van der Waals surface area (Å²) < 4.78 is 27.3. The van der Waals surface area contributed by atoms with Gasteiger partial charge in [-0.25, -0.2) is 12.7 Å². The maximum absolute atomic E-state index is 12.5. The quantitative estimate of drug-likeness (QED) is 0.827. The molecule has 112 valence electrons. The predicted octanol–water partition coefficient (Wildman–Crippen LogP) is 2.41. The van der Waals surface area contributed by atoms with Gasteiger partial charge in [0.2, 0.25) is 10.0 Å². The Morgan fingerprint density at radius 2 is 1.80 bits per heavy atom. The Morgan fingerprint density at radius 3 is 2.35 bits per heavy atom. The number of hydrogen-bond donors (Lipinski definition) is 0. The number of rotatable bonds is 4. The molecule has 0 unspecified atom stereocenters. The fraction of sp³-hybridized carbons (Fsp3) is 0.571. The van der Waals surface area contributed by atoms with Crippen LogP contribution in [0.1, 0.15) is 12.8 Å². The molecule has 0 spiro atoms. The number of halogens is 1. The molecule has 0 amide bonds. The van der Waals surface area contributed by atoms with Gasteiger partial charge in [0.05, 0.1) is 4.90 Å². The number of nitrogens with zero attached hydrogens (tertiary/aromatic N) is 2. The molecule has 20 heavy (non-hydrogen) atoms. The lowest BCUT2D eigenvalue weighted by molar-refractivity contribution is 0.202. The highest BCUT2D eigenvalue weighted by molar-refractivity contribution is 9.10. The molecule has 1 aliphatic heterocycles. The highest BCUT2D eigenvalue weighted by Gasteiger charge is 2.25. The molecule has 6 heteroatoms. The average molecular weight is 361 g/mol. The van der Waals surface area contributed by atoms with Gasteiger partial charge in [0, 0.05) is 18.1 Å². The van der Waals surface area contributed by atoms with Gasteiger partial charge in [0.15, 0.2) is 0 Å². The van der Waals surface area contributed by atoms with Gasteiger partial charge < -0.3 is 4.90 Å². The van der Waals surface area contributed by atoms with E-state index in [1.54, 1.807) is 31.3 Å². The van der Waals surface area contributed by atoms with Gasteiger partial charge in [0.1, 0.15) is 0 Å². The standard InChI is InChI=1S/C14H21BrN2O2S/c1-16-9-7-12(8-10-16)11-17(2)20(18,19)14-5-3-13(15)4-6-14/h3-6,12H,7-11H2,1-2H3. The molecule has 4 nitrogen and oxygen atoms in total. The predicted molar refractivity (Wildman–Crippen MR) is 84.2 cm³/mol. The lowest BCUT2D eigenvalue weighted by Gasteiger charge is -2.31. The molecule has 0 saturated carbocycles. The second-order valence-electron chi connectivity index (χ2n) is 5.49. The first-order chi connectivity index (χ1) is 9.39. The number of hydrogen-bond acceptors (Lipinski definition) is 3. The normalized spacial score (nSPS) is 18.6. The second-order valence-corrected chi connectivity index (χ2v) is 8.45. The van der Waals surface area contributed by atoms with Crippen molar-refractivity contribution in [3.63, 3.8) is 0 Å². The van der Waals surface area contributed by atoms with Crippen molar-refractivity contribution in [3.05, 3.63) is 28.7 Å². The summed E-state index contributed by atoms with van der Waals surface area (Å²) in [5.74, 6) is 0.460. The van der Waals surface area contributed by atoms with E-state index in [1.807, 2.05) is 0 Å². The molecule has 1 aromatic carbocycles. The van der Waals surface area contributed by atoms with E-state index in [1.165, 1.54) is 4.31 Å². The van der Waals surface area contributed by atoms with Crippen LogP contribution in [-0.2, 0) is 10.0 Å². The fourth-order valence-electron chi connectivity index (χ4n) is 2.49. The van der Waals surface area contributed by atoms with Crippen molar-refractivity contribution in [1.82, 2.24) is 9.21 Å². The van der Waals surface area contributed by atoms with Gasteiger partial charge in [-0.2, -0.15) is 0 Å².